The second kappa shape index (κ2) is 8.78. The van der Waals surface area contributed by atoms with Gasteiger partial charge in [-0.1, -0.05) is 31.0 Å². The summed E-state index contributed by atoms with van der Waals surface area (Å²) in [6.45, 7) is 0. The Morgan fingerprint density at radius 3 is 2.69 bits per heavy atom. The Morgan fingerprint density at radius 2 is 1.94 bits per heavy atom. The summed E-state index contributed by atoms with van der Waals surface area (Å²) in [5.74, 6) is -0.108. The third-order valence-electron chi connectivity index (χ3n) is 5.88. The van der Waals surface area contributed by atoms with Crippen LogP contribution in [0, 0.1) is 9.39 Å². The van der Waals surface area contributed by atoms with E-state index in [0.29, 0.717) is 22.3 Å². The Hall–Kier alpha value is -2.53. The Kier molecular flexibility index (Phi) is 5.85. The minimum Gasteiger partial charge on any atom is -0.383 e. The van der Waals surface area contributed by atoms with Gasteiger partial charge in [-0.3, -0.25) is 4.72 Å². The van der Waals surface area contributed by atoms with Gasteiger partial charge in [0, 0.05) is 21.4 Å². The number of aromatic nitrogens is 3. The highest BCUT2D eigenvalue weighted by Gasteiger charge is 2.23. The van der Waals surface area contributed by atoms with E-state index in [1.54, 1.807) is 18.2 Å². The summed E-state index contributed by atoms with van der Waals surface area (Å²) in [4.78, 5) is 9.25. The number of nitrogens with zero attached hydrogens (tertiary/aromatic N) is 3. The molecule has 1 unspecified atom stereocenters. The van der Waals surface area contributed by atoms with Crippen molar-refractivity contribution in [1.29, 1.82) is 0 Å². The molecule has 2 aromatic heterocycles. The maximum absolute atomic E-state index is 15.1. The maximum Gasteiger partial charge on any atom is 0.151 e. The molecule has 2 aromatic carbocycles. The van der Waals surface area contributed by atoms with E-state index in [1.165, 1.54) is 25.2 Å². The minimum atomic E-state index is -1.57. The van der Waals surface area contributed by atoms with Crippen LogP contribution >= 0.6 is 22.6 Å². The van der Waals surface area contributed by atoms with Crippen molar-refractivity contribution >= 4 is 56.1 Å². The summed E-state index contributed by atoms with van der Waals surface area (Å²) in [7, 11) is -1.57. The number of nitrogens with two attached hydrogens (primary N) is 1. The van der Waals surface area contributed by atoms with Gasteiger partial charge in [-0.05, 0) is 65.3 Å². The van der Waals surface area contributed by atoms with Crippen LogP contribution in [0.4, 0.5) is 15.9 Å². The Morgan fingerprint density at radius 1 is 1.16 bits per heavy atom. The van der Waals surface area contributed by atoms with Gasteiger partial charge in [0.1, 0.15) is 23.6 Å². The zero-order chi connectivity index (χ0) is 22.2. The fourth-order valence-electron chi connectivity index (χ4n) is 4.30. The zero-order valence-electron chi connectivity index (χ0n) is 17.1. The summed E-state index contributed by atoms with van der Waals surface area (Å²) >= 11 is 2.12. The summed E-state index contributed by atoms with van der Waals surface area (Å²) in [6.07, 6.45) is 8.04. The molecule has 5 rings (SSSR count). The number of fused-ring (bicyclic) bond motifs is 1. The third-order valence-corrected chi connectivity index (χ3v) is 8.34. The fourth-order valence-corrected chi connectivity index (χ4v) is 6.21. The first kappa shape index (κ1) is 21.3. The van der Waals surface area contributed by atoms with Gasteiger partial charge in [-0.2, -0.15) is 0 Å². The van der Waals surface area contributed by atoms with Crippen molar-refractivity contribution in [3.8, 4) is 11.1 Å². The first-order valence-electron chi connectivity index (χ1n) is 10.4. The second-order valence-corrected chi connectivity index (χ2v) is 10.2. The van der Waals surface area contributed by atoms with Crippen LogP contribution in [0.3, 0.4) is 0 Å². The van der Waals surface area contributed by atoms with E-state index in [-0.39, 0.29) is 5.69 Å². The van der Waals surface area contributed by atoms with Gasteiger partial charge in [0.2, 0.25) is 0 Å². The fraction of sp³-hybridized carbons (Fsp3) is 0.217. The minimum absolute atomic E-state index is 0.176. The van der Waals surface area contributed by atoms with E-state index < -0.39 is 16.8 Å². The van der Waals surface area contributed by atoms with Crippen molar-refractivity contribution in [2.24, 2.45) is 0 Å². The van der Waals surface area contributed by atoms with Crippen molar-refractivity contribution in [3.63, 3.8) is 0 Å². The standard InChI is InChI=1S/C23H21FIN5OS/c24-17-11-14(9-10-19(17)29-32(31)20-8-4-3-7-18(20)25)16-12-30(15-5-1-2-6-15)23-21(16)22(26)27-13-28-23/h3-4,7-13,15,29H,1-2,5-6H2,(H2,26,27,28). The van der Waals surface area contributed by atoms with Crippen LogP contribution in [0.5, 0.6) is 0 Å². The first-order valence-corrected chi connectivity index (χ1v) is 12.6. The lowest BCUT2D eigenvalue weighted by atomic mass is 10.1. The van der Waals surface area contributed by atoms with Crippen molar-refractivity contribution in [1.82, 2.24) is 14.5 Å². The normalized spacial score (nSPS) is 15.3. The SMILES string of the molecule is Nc1ncnc2c1c(-c1ccc(NS(=O)c3ccccc3I)c(F)c1)cn2C1CCCC1. The molecule has 0 amide bonds. The van der Waals surface area contributed by atoms with Crippen molar-refractivity contribution in [2.75, 3.05) is 10.5 Å². The number of nitrogen functional groups attached to an aromatic ring is 1. The Bertz CT molecular complexity index is 1340. The van der Waals surface area contributed by atoms with Crippen LogP contribution < -0.4 is 10.5 Å². The van der Waals surface area contributed by atoms with E-state index in [1.807, 2.05) is 24.4 Å². The largest absolute Gasteiger partial charge is 0.383 e. The van der Waals surface area contributed by atoms with Crippen molar-refractivity contribution in [3.05, 3.63) is 64.4 Å². The molecule has 0 bridgehead atoms. The van der Waals surface area contributed by atoms with E-state index in [9.17, 15) is 4.21 Å². The van der Waals surface area contributed by atoms with Gasteiger partial charge in [0.15, 0.2) is 11.0 Å². The molecule has 1 aliphatic carbocycles. The predicted molar refractivity (Wildman–Crippen MR) is 134 cm³/mol. The van der Waals surface area contributed by atoms with Gasteiger partial charge in [0.05, 0.1) is 16.0 Å². The molecule has 1 saturated carbocycles. The Labute approximate surface area is 201 Å². The lowest BCUT2D eigenvalue weighted by Crippen LogP contribution is -2.07. The molecule has 0 saturated heterocycles. The van der Waals surface area contributed by atoms with E-state index in [2.05, 4.69) is 41.8 Å². The average molecular weight is 561 g/mol. The van der Waals surface area contributed by atoms with Crippen LogP contribution in [-0.4, -0.2) is 18.7 Å². The quantitative estimate of drug-likeness (QED) is 0.308. The van der Waals surface area contributed by atoms with Crippen LogP contribution in [0.25, 0.3) is 22.2 Å². The molecule has 1 atom stereocenters. The lowest BCUT2D eigenvalue weighted by molar-refractivity contribution is 0.532. The molecule has 0 aliphatic heterocycles. The van der Waals surface area contributed by atoms with Crippen LogP contribution in [-0.2, 0) is 11.0 Å². The van der Waals surface area contributed by atoms with Gasteiger partial charge in [-0.15, -0.1) is 0 Å². The third kappa shape index (κ3) is 3.88. The Balaban J connectivity index is 1.52. The first-order chi connectivity index (χ1) is 15.5. The number of nitrogens with one attached hydrogen (secondary N) is 1. The van der Waals surface area contributed by atoms with E-state index in [4.69, 9.17) is 5.73 Å². The number of halogens is 2. The highest BCUT2D eigenvalue weighted by Crippen LogP contribution is 2.39. The van der Waals surface area contributed by atoms with E-state index >= 15 is 4.39 Å². The molecule has 3 N–H and O–H groups in total. The molecule has 6 nitrogen and oxygen atoms in total. The molecule has 164 valence electrons. The molecule has 32 heavy (non-hydrogen) atoms. The molecule has 2 heterocycles. The molecule has 4 aromatic rings. The van der Waals surface area contributed by atoms with Gasteiger partial charge < -0.3 is 10.3 Å². The average Bonchev–Trinajstić information content (AvgIpc) is 3.44. The number of hydrogen-bond donors (Lipinski definition) is 2. The highest BCUT2D eigenvalue weighted by molar-refractivity contribution is 14.1. The second-order valence-electron chi connectivity index (χ2n) is 7.84. The monoisotopic (exact) mass is 561 g/mol. The van der Waals surface area contributed by atoms with E-state index in [0.717, 1.165) is 33.0 Å². The lowest BCUT2D eigenvalue weighted by Gasteiger charge is -2.12. The van der Waals surface area contributed by atoms with Gasteiger partial charge in [-0.25, -0.2) is 18.6 Å². The van der Waals surface area contributed by atoms with Crippen molar-refractivity contribution in [2.45, 2.75) is 36.6 Å². The smallest absolute Gasteiger partial charge is 0.151 e. The molecule has 1 aliphatic rings. The maximum atomic E-state index is 15.1. The molecule has 0 spiro atoms. The number of anilines is 2. The van der Waals surface area contributed by atoms with Crippen molar-refractivity contribution < 1.29 is 8.60 Å². The molecule has 1 fully saturated rings. The molecular formula is C23H21FIN5OS. The number of benzene rings is 2. The summed E-state index contributed by atoms with van der Waals surface area (Å²) in [5, 5.41) is 0.738. The topological polar surface area (TPSA) is 85.8 Å². The predicted octanol–water partition coefficient (Wildman–Crippen LogP) is 5.67. The number of rotatable bonds is 5. The number of hydrogen-bond acceptors (Lipinski definition) is 4. The van der Waals surface area contributed by atoms with Gasteiger partial charge in [0.25, 0.3) is 0 Å². The molecule has 0 radical (unpaired) electrons. The molecule has 9 heteroatoms. The van der Waals surface area contributed by atoms with Crippen LogP contribution in [0.15, 0.2) is 59.9 Å². The zero-order valence-corrected chi connectivity index (χ0v) is 20.1. The summed E-state index contributed by atoms with van der Waals surface area (Å²) in [6, 6.07) is 12.5. The van der Waals surface area contributed by atoms with Crippen LogP contribution in [0.1, 0.15) is 31.7 Å². The molecular weight excluding hydrogens is 540 g/mol. The highest BCUT2D eigenvalue weighted by atomic mass is 127. The van der Waals surface area contributed by atoms with Gasteiger partial charge >= 0.3 is 0 Å². The summed E-state index contributed by atoms with van der Waals surface area (Å²) in [5.41, 5.74) is 8.64. The summed E-state index contributed by atoms with van der Waals surface area (Å²) < 4.78 is 33.5. The van der Waals surface area contributed by atoms with Crippen LogP contribution in [0.2, 0.25) is 0 Å².